The summed E-state index contributed by atoms with van der Waals surface area (Å²) in [5.74, 6) is 1.68. The van der Waals surface area contributed by atoms with Gasteiger partial charge in [0.1, 0.15) is 5.69 Å². The van der Waals surface area contributed by atoms with E-state index in [2.05, 4.69) is 41.1 Å². The molecule has 0 spiro atoms. The van der Waals surface area contributed by atoms with Crippen LogP contribution in [0.25, 0.3) is 11.3 Å². The van der Waals surface area contributed by atoms with Crippen LogP contribution in [-0.2, 0) is 11.3 Å². The number of hydrogen-bond acceptors (Lipinski definition) is 4. The first kappa shape index (κ1) is 19.4. The molecule has 1 saturated heterocycles. The molecule has 2 heterocycles. The molecule has 0 atom stereocenters. The summed E-state index contributed by atoms with van der Waals surface area (Å²) >= 11 is 0. The Morgan fingerprint density at radius 3 is 2.59 bits per heavy atom. The molecular formula is C21H30N4O2. The van der Waals surface area contributed by atoms with Crippen molar-refractivity contribution in [1.29, 1.82) is 0 Å². The summed E-state index contributed by atoms with van der Waals surface area (Å²) < 4.78 is 11.6. The van der Waals surface area contributed by atoms with Crippen molar-refractivity contribution in [3.63, 3.8) is 0 Å². The van der Waals surface area contributed by atoms with Gasteiger partial charge in [0.05, 0.1) is 18.2 Å². The van der Waals surface area contributed by atoms with Gasteiger partial charge in [0.2, 0.25) is 0 Å². The van der Waals surface area contributed by atoms with E-state index in [1.165, 1.54) is 0 Å². The van der Waals surface area contributed by atoms with Crippen molar-refractivity contribution in [1.82, 2.24) is 15.4 Å². The summed E-state index contributed by atoms with van der Waals surface area (Å²) in [5, 5.41) is 7.55. The molecule has 1 N–H and O–H groups in total. The lowest BCUT2D eigenvalue weighted by Gasteiger charge is -2.36. The average molecular weight is 370 g/mol. The molecule has 1 aliphatic rings. The number of likely N-dealkylation sites (tertiary alicyclic amines) is 1. The fraction of sp³-hybridized carbons (Fsp3) is 0.524. The zero-order valence-corrected chi connectivity index (χ0v) is 16.7. The number of ether oxygens (including phenoxy) is 1. The molecule has 2 aromatic rings. The molecule has 0 aliphatic carbocycles. The van der Waals surface area contributed by atoms with Gasteiger partial charge in [-0.1, -0.05) is 35.5 Å². The zero-order chi connectivity index (χ0) is 19.3. The molecule has 6 heteroatoms. The summed E-state index contributed by atoms with van der Waals surface area (Å²) in [5.41, 5.74) is 1.82. The number of aliphatic imine (C=N–C) groups is 1. The molecule has 1 aromatic carbocycles. The van der Waals surface area contributed by atoms with Gasteiger partial charge in [-0.2, -0.15) is 0 Å². The van der Waals surface area contributed by atoms with E-state index in [-0.39, 0.29) is 5.60 Å². The third kappa shape index (κ3) is 5.57. The highest BCUT2D eigenvalue weighted by Gasteiger charge is 2.25. The molecule has 146 valence electrons. The monoisotopic (exact) mass is 370 g/mol. The summed E-state index contributed by atoms with van der Waals surface area (Å²) in [7, 11) is 1.82. The molecule has 0 saturated carbocycles. The lowest BCUT2D eigenvalue weighted by Crippen LogP contribution is -2.47. The molecule has 0 unspecified atom stereocenters. The molecule has 1 aromatic heterocycles. The molecule has 0 bridgehead atoms. The minimum Gasteiger partial charge on any atom is -0.372 e. The summed E-state index contributed by atoms with van der Waals surface area (Å²) in [4.78, 5) is 6.69. The fourth-order valence-corrected chi connectivity index (χ4v) is 3.33. The van der Waals surface area contributed by atoms with E-state index in [4.69, 9.17) is 9.26 Å². The highest BCUT2D eigenvalue weighted by molar-refractivity contribution is 5.79. The van der Waals surface area contributed by atoms with Gasteiger partial charge in [0.15, 0.2) is 11.7 Å². The minimum absolute atomic E-state index is 0.0878. The maximum Gasteiger partial charge on any atom is 0.194 e. The van der Waals surface area contributed by atoms with Crippen molar-refractivity contribution in [3.8, 4) is 11.3 Å². The molecule has 6 nitrogen and oxygen atoms in total. The Morgan fingerprint density at radius 2 is 1.96 bits per heavy atom. The standard InChI is InChI=1S/C21H30N4O2/c1-21(2,3)26-17-10-12-25(13-11-17)20(22-4)23-15-18-14-19(24-27-18)16-8-6-5-7-9-16/h5-9,14,17H,10-13,15H2,1-4H3,(H,22,23). The molecule has 0 radical (unpaired) electrons. The van der Waals surface area contributed by atoms with Crippen molar-refractivity contribution in [3.05, 3.63) is 42.2 Å². The quantitative estimate of drug-likeness (QED) is 0.657. The van der Waals surface area contributed by atoms with E-state index in [9.17, 15) is 0 Å². The van der Waals surface area contributed by atoms with Crippen LogP contribution < -0.4 is 5.32 Å². The molecule has 1 fully saturated rings. The van der Waals surface area contributed by atoms with Crippen LogP contribution in [0.5, 0.6) is 0 Å². The molecule has 27 heavy (non-hydrogen) atoms. The molecule has 1 aliphatic heterocycles. The van der Waals surface area contributed by atoms with E-state index in [1.807, 2.05) is 43.4 Å². The number of nitrogens with one attached hydrogen (secondary N) is 1. The second-order valence-electron chi connectivity index (χ2n) is 7.86. The molecular weight excluding hydrogens is 340 g/mol. The Morgan fingerprint density at radius 1 is 1.26 bits per heavy atom. The van der Waals surface area contributed by atoms with E-state index < -0.39 is 0 Å². The van der Waals surface area contributed by atoms with Gasteiger partial charge in [-0.15, -0.1) is 0 Å². The van der Waals surface area contributed by atoms with Gasteiger partial charge in [-0.3, -0.25) is 4.99 Å². The number of benzene rings is 1. The van der Waals surface area contributed by atoms with Crippen molar-refractivity contribution in [2.75, 3.05) is 20.1 Å². The fourth-order valence-electron chi connectivity index (χ4n) is 3.33. The van der Waals surface area contributed by atoms with Crippen LogP contribution >= 0.6 is 0 Å². The molecule has 0 amide bonds. The van der Waals surface area contributed by atoms with Gasteiger partial charge in [-0.05, 0) is 33.6 Å². The Hall–Kier alpha value is -2.34. The number of piperidine rings is 1. The number of guanidine groups is 1. The third-order valence-corrected chi connectivity index (χ3v) is 4.52. The van der Waals surface area contributed by atoms with Crippen LogP contribution in [0.3, 0.4) is 0 Å². The summed E-state index contributed by atoms with van der Waals surface area (Å²) in [6, 6.07) is 12.0. The van der Waals surface area contributed by atoms with Crippen LogP contribution in [0.2, 0.25) is 0 Å². The first-order valence-corrected chi connectivity index (χ1v) is 9.59. The number of aromatic nitrogens is 1. The maximum absolute atomic E-state index is 6.10. The second kappa shape index (κ2) is 8.57. The maximum atomic E-state index is 6.10. The normalized spacial score (nSPS) is 16.6. The van der Waals surface area contributed by atoms with Crippen LogP contribution in [0, 0.1) is 0 Å². The van der Waals surface area contributed by atoms with Crippen molar-refractivity contribution >= 4 is 5.96 Å². The zero-order valence-electron chi connectivity index (χ0n) is 16.7. The van der Waals surface area contributed by atoms with Gasteiger partial charge in [-0.25, -0.2) is 0 Å². The highest BCUT2D eigenvalue weighted by Crippen LogP contribution is 2.21. The molecule has 3 rings (SSSR count). The van der Waals surface area contributed by atoms with Crippen LogP contribution in [-0.4, -0.2) is 47.9 Å². The SMILES string of the molecule is CN=C(NCc1cc(-c2ccccc2)no1)N1CCC(OC(C)(C)C)CC1. The van der Waals surface area contributed by atoms with Gasteiger partial charge >= 0.3 is 0 Å². The van der Waals surface area contributed by atoms with Crippen LogP contribution in [0.4, 0.5) is 0 Å². The first-order chi connectivity index (χ1) is 12.9. The summed E-state index contributed by atoms with van der Waals surface area (Å²) in [6.07, 6.45) is 2.35. The largest absolute Gasteiger partial charge is 0.372 e. The van der Waals surface area contributed by atoms with Crippen LogP contribution in [0.1, 0.15) is 39.4 Å². The third-order valence-electron chi connectivity index (χ3n) is 4.52. The van der Waals surface area contributed by atoms with E-state index in [0.29, 0.717) is 12.6 Å². The lowest BCUT2D eigenvalue weighted by molar-refractivity contribution is -0.0773. The minimum atomic E-state index is -0.0878. The van der Waals surface area contributed by atoms with Crippen molar-refractivity contribution in [2.24, 2.45) is 4.99 Å². The van der Waals surface area contributed by atoms with Crippen LogP contribution in [0.15, 0.2) is 45.9 Å². The predicted molar refractivity (Wildman–Crippen MR) is 108 cm³/mol. The number of nitrogens with zero attached hydrogens (tertiary/aromatic N) is 3. The van der Waals surface area contributed by atoms with Crippen molar-refractivity contribution in [2.45, 2.75) is 51.9 Å². The Labute approximate surface area is 161 Å². The van der Waals surface area contributed by atoms with Crippen molar-refractivity contribution < 1.29 is 9.26 Å². The Balaban J connectivity index is 1.51. The second-order valence-corrected chi connectivity index (χ2v) is 7.86. The van der Waals surface area contributed by atoms with E-state index in [0.717, 1.165) is 48.9 Å². The lowest BCUT2D eigenvalue weighted by atomic mass is 10.1. The van der Waals surface area contributed by atoms with Gasteiger partial charge < -0.3 is 19.5 Å². The number of rotatable bonds is 4. The predicted octanol–water partition coefficient (Wildman–Crippen LogP) is 3.70. The van der Waals surface area contributed by atoms with E-state index in [1.54, 1.807) is 0 Å². The topological polar surface area (TPSA) is 62.9 Å². The Kier molecular flexibility index (Phi) is 6.16. The first-order valence-electron chi connectivity index (χ1n) is 9.59. The van der Waals surface area contributed by atoms with Gasteiger partial charge in [0.25, 0.3) is 0 Å². The van der Waals surface area contributed by atoms with E-state index >= 15 is 0 Å². The van der Waals surface area contributed by atoms with Gasteiger partial charge in [0, 0.05) is 31.8 Å². The Bertz CT molecular complexity index is 741. The summed E-state index contributed by atoms with van der Waals surface area (Å²) in [6.45, 7) is 8.77. The highest BCUT2D eigenvalue weighted by atomic mass is 16.5. The average Bonchev–Trinajstić information content (AvgIpc) is 3.12. The smallest absolute Gasteiger partial charge is 0.194 e. The number of hydrogen-bond donors (Lipinski definition) is 1.